The van der Waals surface area contributed by atoms with E-state index in [1.54, 1.807) is 12.1 Å². The van der Waals surface area contributed by atoms with E-state index in [4.69, 9.17) is 0 Å². The van der Waals surface area contributed by atoms with Crippen molar-refractivity contribution in [1.29, 1.82) is 0 Å². The van der Waals surface area contributed by atoms with Gasteiger partial charge >= 0.3 is 5.97 Å². The molecule has 2 aromatic rings. The molecular formula is C18H22ClNO2. The summed E-state index contributed by atoms with van der Waals surface area (Å²) < 4.78 is 4.68. The maximum absolute atomic E-state index is 11.3. The van der Waals surface area contributed by atoms with E-state index in [0.29, 0.717) is 5.56 Å². The van der Waals surface area contributed by atoms with Crippen LogP contribution < -0.4 is 5.32 Å². The quantitative estimate of drug-likeness (QED) is 0.626. The second-order valence-electron chi connectivity index (χ2n) is 4.95. The first kappa shape index (κ1) is 18.2. The molecule has 118 valence electrons. The van der Waals surface area contributed by atoms with E-state index < -0.39 is 0 Å². The lowest BCUT2D eigenvalue weighted by molar-refractivity contribution is 0.0600. The first-order valence-corrected chi connectivity index (χ1v) is 7.21. The minimum absolute atomic E-state index is 0. The number of rotatable bonds is 7. The van der Waals surface area contributed by atoms with Gasteiger partial charge in [-0.1, -0.05) is 42.5 Å². The Bertz CT molecular complexity index is 555. The van der Waals surface area contributed by atoms with Crippen LogP contribution in [-0.4, -0.2) is 19.6 Å². The number of hydrogen-bond donors (Lipinski definition) is 1. The molecule has 0 atom stereocenters. The smallest absolute Gasteiger partial charge is 0.337 e. The average molecular weight is 320 g/mol. The van der Waals surface area contributed by atoms with Crippen LogP contribution in [0.5, 0.6) is 0 Å². The molecule has 0 bridgehead atoms. The molecule has 0 aliphatic carbocycles. The Balaban J connectivity index is 0.00000242. The zero-order valence-electron chi connectivity index (χ0n) is 12.7. The topological polar surface area (TPSA) is 38.3 Å². The lowest BCUT2D eigenvalue weighted by Gasteiger charge is -2.06. The van der Waals surface area contributed by atoms with Crippen LogP contribution in [0.25, 0.3) is 0 Å². The lowest BCUT2D eigenvalue weighted by atomic mass is 10.1. The third-order valence-electron chi connectivity index (χ3n) is 3.37. The van der Waals surface area contributed by atoms with Crippen molar-refractivity contribution < 1.29 is 9.53 Å². The molecule has 0 spiro atoms. The van der Waals surface area contributed by atoms with Crippen molar-refractivity contribution in [2.45, 2.75) is 19.4 Å². The van der Waals surface area contributed by atoms with E-state index in [-0.39, 0.29) is 18.4 Å². The number of methoxy groups -OCH3 is 1. The van der Waals surface area contributed by atoms with E-state index in [9.17, 15) is 4.79 Å². The summed E-state index contributed by atoms with van der Waals surface area (Å²) in [6.45, 7) is 1.80. The van der Waals surface area contributed by atoms with Crippen molar-refractivity contribution in [3.8, 4) is 0 Å². The Labute approximate surface area is 138 Å². The van der Waals surface area contributed by atoms with Crippen LogP contribution in [0.4, 0.5) is 0 Å². The molecule has 22 heavy (non-hydrogen) atoms. The second-order valence-corrected chi connectivity index (χ2v) is 4.95. The zero-order valence-corrected chi connectivity index (χ0v) is 13.6. The predicted molar refractivity (Wildman–Crippen MR) is 91.5 cm³/mol. The Morgan fingerprint density at radius 2 is 1.68 bits per heavy atom. The summed E-state index contributed by atoms with van der Waals surface area (Å²) in [5.41, 5.74) is 3.13. The highest BCUT2D eigenvalue weighted by molar-refractivity contribution is 5.89. The second kappa shape index (κ2) is 9.98. The van der Waals surface area contributed by atoms with Gasteiger partial charge in [-0.05, 0) is 42.6 Å². The maximum Gasteiger partial charge on any atom is 0.337 e. The normalized spacial score (nSPS) is 9.86. The third kappa shape index (κ3) is 5.88. The molecule has 3 nitrogen and oxygen atoms in total. The van der Waals surface area contributed by atoms with Gasteiger partial charge in [0.1, 0.15) is 0 Å². The highest BCUT2D eigenvalue weighted by atomic mass is 35.5. The van der Waals surface area contributed by atoms with Gasteiger partial charge in [-0.3, -0.25) is 0 Å². The van der Waals surface area contributed by atoms with Gasteiger partial charge in [0.2, 0.25) is 0 Å². The van der Waals surface area contributed by atoms with Crippen LogP contribution in [0.1, 0.15) is 27.9 Å². The van der Waals surface area contributed by atoms with Crippen LogP contribution in [0, 0.1) is 0 Å². The first-order chi connectivity index (χ1) is 10.3. The molecule has 0 aliphatic rings. The monoisotopic (exact) mass is 319 g/mol. The fraction of sp³-hybridized carbons (Fsp3) is 0.278. The Morgan fingerprint density at radius 1 is 1.00 bits per heavy atom. The number of aryl methyl sites for hydroxylation is 1. The van der Waals surface area contributed by atoms with Gasteiger partial charge in [0.05, 0.1) is 12.7 Å². The highest BCUT2D eigenvalue weighted by Crippen LogP contribution is 2.06. The number of ether oxygens (including phenoxy) is 1. The number of carbonyl (C=O) groups is 1. The van der Waals surface area contributed by atoms with Crippen LogP contribution in [-0.2, 0) is 17.7 Å². The molecule has 2 rings (SSSR count). The molecule has 0 heterocycles. The molecule has 0 aliphatic heterocycles. The number of carbonyl (C=O) groups excluding carboxylic acids is 1. The zero-order chi connectivity index (χ0) is 14.9. The van der Waals surface area contributed by atoms with Gasteiger partial charge < -0.3 is 10.1 Å². The van der Waals surface area contributed by atoms with E-state index in [0.717, 1.165) is 25.9 Å². The maximum atomic E-state index is 11.3. The lowest BCUT2D eigenvalue weighted by Crippen LogP contribution is -2.15. The van der Waals surface area contributed by atoms with E-state index in [1.807, 2.05) is 18.2 Å². The number of halogens is 1. The van der Waals surface area contributed by atoms with Crippen LogP contribution in [0.3, 0.4) is 0 Å². The minimum Gasteiger partial charge on any atom is -0.465 e. The average Bonchev–Trinajstić information content (AvgIpc) is 2.55. The van der Waals surface area contributed by atoms with Crippen LogP contribution in [0.2, 0.25) is 0 Å². The first-order valence-electron chi connectivity index (χ1n) is 7.21. The molecule has 0 saturated carbocycles. The molecule has 4 heteroatoms. The predicted octanol–water partition coefficient (Wildman–Crippen LogP) is 3.62. The molecule has 0 unspecified atom stereocenters. The van der Waals surface area contributed by atoms with Crippen molar-refractivity contribution >= 4 is 18.4 Å². The van der Waals surface area contributed by atoms with Crippen LogP contribution >= 0.6 is 12.4 Å². The number of hydrogen-bond acceptors (Lipinski definition) is 3. The van der Waals surface area contributed by atoms with Gasteiger partial charge in [-0.15, -0.1) is 12.4 Å². The Morgan fingerprint density at radius 3 is 2.32 bits per heavy atom. The number of esters is 1. The van der Waals surface area contributed by atoms with Crippen LogP contribution in [0.15, 0.2) is 54.6 Å². The molecule has 0 radical (unpaired) electrons. The fourth-order valence-electron chi connectivity index (χ4n) is 2.17. The Kier molecular flexibility index (Phi) is 8.26. The molecule has 0 fully saturated rings. The summed E-state index contributed by atoms with van der Waals surface area (Å²) in [7, 11) is 1.39. The van der Waals surface area contributed by atoms with Gasteiger partial charge in [0.25, 0.3) is 0 Å². The van der Waals surface area contributed by atoms with Crippen molar-refractivity contribution in [2.75, 3.05) is 13.7 Å². The summed E-state index contributed by atoms with van der Waals surface area (Å²) in [6.07, 6.45) is 2.21. The minimum atomic E-state index is -0.294. The van der Waals surface area contributed by atoms with Gasteiger partial charge in [-0.25, -0.2) is 4.79 Å². The summed E-state index contributed by atoms with van der Waals surface area (Å²) in [5.74, 6) is -0.294. The third-order valence-corrected chi connectivity index (χ3v) is 3.37. The molecule has 2 aromatic carbocycles. The largest absolute Gasteiger partial charge is 0.465 e. The van der Waals surface area contributed by atoms with Crippen molar-refractivity contribution in [2.24, 2.45) is 0 Å². The fourth-order valence-corrected chi connectivity index (χ4v) is 2.17. The highest BCUT2D eigenvalue weighted by Gasteiger charge is 2.03. The molecular weight excluding hydrogens is 298 g/mol. The van der Waals surface area contributed by atoms with Gasteiger partial charge in [-0.2, -0.15) is 0 Å². The standard InChI is InChI=1S/C18H21NO2.ClH/c1-21-18(20)17-11-9-16(10-12-17)14-19-13-5-8-15-6-3-2-4-7-15;/h2-4,6-7,9-12,19H,5,8,13-14H2,1H3;1H. The SMILES string of the molecule is COC(=O)c1ccc(CNCCCc2ccccc2)cc1.Cl. The number of nitrogens with one attached hydrogen (secondary N) is 1. The summed E-state index contributed by atoms with van der Waals surface area (Å²) in [5, 5.41) is 3.42. The number of benzene rings is 2. The molecule has 0 amide bonds. The van der Waals surface area contributed by atoms with Gasteiger partial charge in [0.15, 0.2) is 0 Å². The van der Waals surface area contributed by atoms with E-state index >= 15 is 0 Å². The summed E-state index contributed by atoms with van der Waals surface area (Å²) >= 11 is 0. The molecule has 1 N–H and O–H groups in total. The van der Waals surface area contributed by atoms with E-state index in [1.165, 1.54) is 18.2 Å². The van der Waals surface area contributed by atoms with Crippen molar-refractivity contribution in [1.82, 2.24) is 5.32 Å². The Hall–Kier alpha value is -1.84. The van der Waals surface area contributed by atoms with E-state index in [2.05, 4.69) is 34.3 Å². The summed E-state index contributed by atoms with van der Waals surface area (Å²) in [6, 6.07) is 18.0. The van der Waals surface area contributed by atoms with Crippen molar-refractivity contribution in [3.05, 3.63) is 71.3 Å². The molecule has 0 aromatic heterocycles. The molecule has 0 saturated heterocycles. The summed E-state index contributed by atoms with van der Waals surface area (Å²) in [4.78, 5) is 11.3. The van der Waals surface area contributed by atoms with Crippen molar-refractivity contribution in [3.63, 3.8) is 0 Å². The van der Waals surface area contributed by atoms with Gasteiger partial charge in [0, 0.05) is 6.54 Å².